The van der Waals surface area contributed by atoms with Crippen molar-refractivity contribution in [2.75, 3.05) is 36.9 Å². The summed E-state index contributed by atoms with van der Waals surface area (Å²) in [6.45, 7) is 7.44. The fourth-order valence-corrected chi connectivity index (χ4v) is 6.24. The van der Waals surface area contributed by atoms with Gasteiger partial charge in [0.1, 0.15) is 11.6 Å². The summed E-state index contributed by atoms with van der Waals surface area (Å²) in [6.07, 6.45) is 3.10. The molecular formula is C24H29N9O2S2. The van der Waals surface area contributed by atoms with Gasteiger partial charge in [-0.1, -0.05) is 0 Å². The molecule has 1 saturated heterocycles. The second kappa shape index (κ2) is 9.89. The highest BCUT2D eigenvalue weighted by Gasteiger charge is 2.32. The number of sulfonamides is 1. The zero-order valence-electron chi connectivity index (χ0n) is 21.1. The predicted molar refractivity (Wildman–Crippen MR) is 146 cm³/mol. The highest BCUT2D eigenvalue weighted by Crippen LogP contribution is 2.33. The van der Waals surface area contributed by atoms with E-state index in [-0.39, 0.29) is 18.0 Å². The summed E-state index contributed by atoms with van der Waals surface area (Å²) in [7, 11) is -3.22. The summed E-state index contributed by atoms with van der Waals surface area (Å²) in [4.78, 5) is 24.5. The molecule has 0 amide bonds. The van der Waals surface area contributed by atoms with Gasteiger partial charge in [0.05, 0.1) is 27.5 Å². The van der Waals surface area contributed by atoms with E-state index in [1.165, 1.54) is 10.6 Å². The number of nitrogens with zero attached hydrogens (tertiary/aromatic N) is 7. The van der Waals surface area contributed by atoms with Gasteiger partial charge in [0, 0.05) is 43.6 Å². The topological polar surface area (TPSA) is 143 Å². The molecule has 5 rings (SSSR count). The first kappa shape index (κ1) is 25.4. The first-order valence-corrected chi connectivity index (χ1v) is 14.6. The van der Waals surface area contributed by atoms with E-state index in [1.54, 1.807) is 18.3 Å². The van der Waals surface area contributed by atoms with Crippen LogP contribution >= 0.6 is 11.3 Å². The van der Waals surface area contributed by atoms with Crippen molar-refractivity contribution < 1.29 is 8.42 Å². The van der Waals surface area contributed by atoms with Crippen molar-refractivity contribution in [2.45, 2.75) is 32.9 Å². The number of hydrogen-bond acceptors (Lipinski definition) is 11. The van der Waals surface area contributed by atoms with Crippen molar-refractivity contribution in [1.82, 2.24) is 34.1 Å². The molecule has 11 nitrogen and oxygen atoms in total. The standard InChI is InChI=1S/C24H29N9O2S2/c1-14-12-32(37(4,34)35)7-8-33(14)15(2)17-9-19(23-28-16(3)29-24(25)31-23)22(26-11-17)30-18-5-6-21-20(10-18)27-13-36-21/h5-6,9-11,13-15H,7-8,12H2,1-4H3,(H,26,30)(H2,25,28,29,31)/t14-,15?/m0/s1. The number of thiazole rings is 1. The molecule has 37 heavy (non-hydrogen) atoms. The van der Waals surface area contributed by atoms with E-state index in [0.29, 0.717) is 42.7 Å². The SMILES string of the molecule is Cc1nc(N)nc(-c2cc(C(C)N3CCN(S(C)(=O)=O)C[C@@H]3C)cnc2Nc2ccc3scnc3c2)n1. The molecule has 13 heteroatoms. The van der Waals surface area contributed by atoms with Crippen molar-refractivity contribution in [3.63, 3.8) is 0 Å². The van der Waals surface area contributed by atoms with Crippen LogP contribution in [0.1, 0.15) is 31.3 Å². The lowest BCUT2D eigenvalue weighted by molar-refractivity contribution is 0.0906. The van der Waals surface area contributed by atoms with Gasteiger partial charge in [-0.3, -0.25) is 4.90 Å². The second-order valence-corrected chi connectivity index (χ2v) is 12.1. The van der Waals surface area contributed by atoms with Crippen molar-refractivity contribution in [1.29, 1.82) is 0 Å². The third kappa shape index (κ3) is 5.39. The van der Waals surface area contributed by atoms with E-state index in [2.05, 4.69) is 37.1 Å². The molecule has 0 spiro atoms. The molecule has 4 aromatic rings. The Balaban J connectivity index is 1.50. The quantitative estimate of drug-likeness (QED) is 0.375. The highest BCUT2D eigenvalue weighted by molar-refractivity contribution is 7.88. The molecule has 0 aliphatic carbocycles. The summed E-state index contributed by atoms with van der Waals surface area (Å²) in [5.41, 5.74) is 11.2. The van der Waals surface area contributed by atoms with Gasteiger partial charge in [-0.25, -0.2) is 23.4 Å². The largest absolute Gasteiger partial charge is 0.368 e. The van der Waals surface area contributed by atoms with Crippen LogP contribution in [0.3, 0.4) is 0 Å². The van der Waals surface area contributed by atoms with Crippen molar-refractivity contribution in [2.24, 2.45) is 0 Å². The van der Waals surface area contributed by atoms with Gasteiger partial charge in [-0.15, -0.1) is 11.3 Å². The average molecular weight is 540 g/mol. The molecule has 194 valence electrons. The maximum absolute atomic E-state index is 12.0. The second-order valence-electron chi connectivity index (χ2n) is 9.27. The predicted octanol–water partition coefficient (Wildman–Crippen LogP) is 3.20. The van der Waals surface area contributed by atoms with Crippen LogP contribution in [0.4, 0.5) is 17.5 Å². The third-order valence-electron chi connectivity index (χ3n) is 6.60. The monoisotopic (exact) mass is 539 g/mol. The number of aromatic nitrogens is 5. The van der Waals surface area contributed by atoms with Crippen molar-refractivity contribution in [3.05, 3.63) is 47.4 Å². The Morgan fingerprint density at radius 1 is 1.16 bits per heavy atom. The minimum atomic E-state index is -3.22. The minimum absolute atomic E-state index is 0.0105. The van der Waals surface area contributed by atoms with E-state index in [4.69, 9.17) is 10.7 Å². The van der Waals surface area contributed by atoms with Crippen LogP contribution < -0.4 is 11.1 Å². The van der Waals surface area contributed by atoms with E-state index in [9.17, 15) is 8.42 Å². The zero-order chi connectivity index (χ0) is 26.3. The number of aryl methyl sites for hydroxylation is 1. The lowest BCUT2D eigenvalue weighted by atomic mass is 10.0. The number of piperazine rings is 1. The van der Waals surface area contributed by atoms with Gasteiger partial charge in [0.15, 0.2) is 5.82 Å². The molecular weight excluding hydrogens is 510 g/mol. The third-order valence-corrected chi connectivity index (χ3v) is 8.68. The Labute approximate surface area is 219 Å². The number of benzene rings is 1. The van der Waals surface area contributed by atoms with Gasteiger partial charge >= 0.3 is 0 Å². The zero-order valence-corrected chi connectivity index (χ0v) is 22.7. The first-order chi connectivity index (χ1) is 17.6. The summed E-state index contributed by atoms with van der Waals surface area (Å²) in [5, 5.41) is 3.39. The van der Waals surface area contributed by atoms with E-state index in [0.717, 1.165) is 21.5 Å². The Morgan fingerprint density at radius 3 is 2.70 bits per heavy atom. The summed E-state index contributed by atoms with van der Waals surface area (Å²) in [5.74, 6) is 1.67. The number of nitrogens with two attached hydrogens (primary N) is 1. The lowest BCUT2D eigenvalue weighted by Crippen LogP contribution is -2.53. The number of fused-ring (bicyclic) bond motifs is 1. The maximum Gasteiger partial charge on any atom is 0.223 e. The highest BCUT2D eigenvalue weighted by atomic mass is 32.2. The average Bonchev–Trinajstić information content (AvgIpc) is 3.30. The van der Waals surface area contributed by atoms with Crippen LogP contribution in [0.25, 0.3) is 21.6 Å². The van der Waals surface area contributed by atoms with Crippen LogP contribution in [0.15, 0.2) is 36.0 Å². The smallest absolute Gasteiger partial charge is 0.223 e. The molecule has 3 aromatic heterocycles. The van der Waals surface area contributed by atoms with Crippen LogP contribution in [-0.2, 0) is 10.0 Å². The van der Waals surface area contributed by atoms with Crippen LogP contribution in [0.2, 0.25) is 0 Å². The molecule has 0 bridgehead atoms. The summed E-state index contributed by atoms with van der Waals surface area (Å²) >= 11 is 1.59. The summed E-state index contributed by atoms with van der Waals surface area (Å²) < 4.78 is 26.7. The van der Waals surface area contributed by atoms with Gasteiger partial charge < -0.3 is 11.1 Å². The van der Waals surface area contributed by atoms with Gasteiger partial charge in [0.25, 0.3) is 0 Å². The molecule has 2 atom stereocenters. The first-order valence-electron chi connectivity index (χ1n) is 11.9. The molecule has 3 N–H and O–H groups in total. The number of hydrogen-bond donors (Lipinski definition) is 2. The Bertz CT molecular complexity index is 1540. The van der Waals surface area contributed by atoms with Crippen LogP contribution in [-0.4, -0.2) is 74.5 Å². The Morgan fingerprint density at radius 2 is 1.97 bits per heavy atom. The Kier molecular flexibility index (Phi) is 6.79. The molecule has 1 unspecified atom stereocenters. The fourth-order valence-electron chi connectivity index (χ4n) is 4.68. The van der Waals surface area contributed by atoms with E-state index < -0.39 is 10.0 Å². The molecule has 1 fully saturated rings. The van der Waals surface area contributed by atoms with Gasteiger partial charge in [-0.05, 0) is 50.6 Å². The minimum Gasteiger partial charge on any atom is -0.368 e. The Hall–Kier alpha value is -3.26. The van der Waals surface area contributed by atoms with Crippen molar-refractivity contribution >= 4 is 49.0 Å². The normalized spacial score (nSPS) is 18.2. The van der Waals surface area contributed by atoms with Crippen LogP contribution in [0, 0.1) is 6.92 Å². The number of nitrogen functional groups attached to an aromatic ring is 1. The number of pyridine rings is 1. The van der Waals surface area contributed by atoms with E-state index in [1.807, 2.05) is 42.9 Å². The molecule has 0 radical (unpaired) electrons. The maximum atomic E-state index is 12.0. The van der Waals surface area contributed by atoms with Crippen molar-refractivity contribution in [3.8, 4) is 11.4 Å². The van der Waals surface area contributed by atoms with E-state index >= 15 is 0 Å². The number of rotatable bonds is 6. The van der Waals surface area contributed by atoms with Gasteiger partial charge in [-0.2, -0.15) is 14.3 Å². The molecule has 1 aromatic carbocycles. The fraction of sp³-hybridized carbons (Fsp3) is 0.375. The number of anilines is 3. The molecule has 0 saturated carbocycles. The number of nitrogens with one attached hydrogen (secondary N) is 1. The lowest BCUT2D eigenvalue weighted by Gasteiger charge is -2.42. The molecule has 1 aliphatic rings. The molecule has 4 heterocycles. The summed E-state index contributed by atoms with van der Waals surface area (Å²) in [6, 6.07) is 8.03. The molecule has 1 aliphatic heterocycles. The van der Waals surface area contributed by atoms with Crippen LogP contribution in [0.5, 0.6) is 0 Å². The van der Waals surface area contributed by atoms with Gasteiger partial charge in [0.2, 0.25) is 16.0 Å².